The lowest BCUT2D eigenvalue weighted by Crippen LogP contribution is -2.15. The number of pyridine rings is 1. The summed E-state index contributed by atoms with van der Waals surface area (Å²) in [6, 6.07) is 4.13. The van der Waals surface area contributed by atoms with Crippen LogP contribution in [0, 0.1) is 12.3 Å². The molecule has 0 saturated heterocycles. The van der Waals surface area contributed by atoms with Crippen LogP contribution in [0.25, 0.3) is 0 Å². The molecule has 1 aromatic heterocycles. The molecule has 14 heavy (non-hydrogen) atoms. The van der Waals surface area contributed by atoms with Crippen LogP contribution in [0.4, 0.5) is 5.82 Å². The van der Waals surface area contributed by atoms with Crippen molar-refractivity contribution in [3.63, 3.8) is 0 Å². The SMILES string of the molecule is CCC1(CNc2cc(C)ccn2)CC1. The van der Waals surface area contributed by atoms with Crippen LogP contribution in [0.2, 0.25) is 0 Å². The zero-order chi connectivity index (χ0) is 10.0. The molecule has 0 radical (unpaired) electrons. The van der Waals surface area contributed by atoms with Crippen molar-refractivity contribution in [3.8, 4) is 0 Å². The normalized spacial score (nSPS) is 17.9. The van der Waals surface area contributed by atoms with Crippen LogP contribution in [-0.4, -0.2) is 11.5 Å². The second kappa shape index (κ2) is 3.60. The maximum atomic E-state index is 4.29. The van der Waals surface area contributed by atoms with Gasteiger partial charge in [0.05, 0.1) is 0 Å². The van der Waals surface area contributed by atoms with Crippen molar-refractivity contribution < 1.29 is 0 Å². The van der Waals surface area contributed by atoms with Crippen molar-refractivity contribution in [2.45, 2.75) is 33.1 Å². The van der Waals surface area contributed by atoms with Crippen LogP contribution >= 0.6 is 0 Å². The summed E-state index contributed by atoms with van der Waals surface area (Å²) < 4.78 is 0. The van der Waals surface area contributed by atoms with Gasteiger partial charge in [-0.2, -0.15) is 0 Å². The minimum absolute atomic E-state index is 0.589. The van der Waals surface area contributed by atoms with Crippen molar-refractivity contribution in [1.29, 1.82) is 0 Å². The molecular formula is C12H18N2. The monoisotopic (exact) mass is 190 g/mol. The first-order valence-corrected chi connectivity index (χ1v) is 5.41. The van der Waals surface area contributed by atoms with Gasteiger partial charge in [-0.25, -0.2) is 4.98 Å². The second-order valence-electron chi connectivity index (χ2n) is 4.43. The third-order valence-corrected chi connectivity index (χ3v) is 3.27. The highest BCUT2D eigenvalue weighted by Crippen LogP contribution is 2.48. The van der Waals surface area contributed by atoms with Gasteiger partial charge in [0.2, 0.25) is 0 Å². The summed E-state index contributed by atoms with van der Waals surface area (Å²) >= 11 is 0. The highest BCUT2D eigenvalue weighted by molar-refractivity contribution is 5.37. The molecule has 0 spiro atoms. The first-order valence-electron chi connectivity index (χ1n) is 5.41. The van der Waals surface area contributed by atoms with Gasteiger partial charge < -0.3 is 5.32 Å². The number of aromatic nitrogens is 1. The fraction of sp³-hybridized carbons (Fsp3) is 0.583. The predicted molar refractivity (Wildman–Crippen MR) is 59.4 cm³/mol. The molecule has 0 bridgehead atoms. The number of rotatable bonds is 4. The lowest BCUT2D eigenvalue weighted by Gasteiger charge is -2.13. The molecule has 2 rings (SSSR count). The minimum atomic E-state index is 0.589. The Morgan fingerprint density at radius 1 is 1.50 bits per heavy atom. The van der Waals surface area contributed by atoms with E-state index in [9.17, 15) is 0 Å². The fourth-order valence-electron chi connectivity index (χ4n) is 1.74. The topological polar surface area (TPSA) is 24.9 Å². The standard InChI is InChI=1S/C12H18N2/c1-3-12(5-6-12)9-14-11-8-10(2)4-7-13-11/h4,7-8H,3,5-6,9H2,1-2H3,(H,13,14). The minimum Gasteiger partial charge on any atom is -0.370 e. The molecule has 0 aliphatic heterocycles. The van der Waals surface area contributed by atoms with Crippen LogP contribution in [0.5, 0.6) is 0 Å². The van der Waals surface area contributed by atoms with Gasteiger partial charge in [0, 0.05) is 12.7 Å². The molecular weight excluding hydrogens is 172 g/mol. The Labute approximate surface area is 85.7 Å². The Balaban J connectivity index is 1.92. The molecule has 1 aliphatic rings. The largest absolute Gasteiger partial charge is 0.370 e. The molecule has 1 aliphatic carbocycles. The quantitative estimate of drug-likeness (QED) is 0.789. The third-order valence-electron chi connectivity index (χ3n) is 3.27. The number of hydrogen-bond donors (Lipinski definition) is 1. The molecule has 2 heteroatoms. The molecule has 0 atom stereocenters. The number of anilines is 1. The third kappa shape index (κ3) is 2.06. The molecule has 2 nitrogen and oxygen atoms in total. The Morgan fingerprint density at radius 2 is 2.29 bits per heavy atom. The van der Waals surface area contributed by atoms with Crippen LogP contribution < -0.4 is 5.32 Å². The number of hydrogen-bond acceptors (Lipinski definition) is 2. The molecule has 0 unspecified atom stereocenters. The van der Waals surface area contributed by atoms with Gasteiger partial charge in [-0.15, -0.1) is 0 Å². The lowest BCUT2D eigenvalue weighted by atomic mass is 10.0. The summed E-state index contributed by atoms with van der Waals surface area (Å²) in [5.41, 5.74) is 1.86. The number of nitrogens with one attached hydrogen (secondary N) is 1. The predicted octanol–water partition coefficient (Wildman–Crippen LogP) is 2.99. The van der Waals surface area contributed by atoms with E-state index in [1.807, 2.05) is 12.3 Å². The molecule has 0 amide bonds. The Morgan fingerprint density at radius 3 is 2.86 bits per heavy atom. The fourth-order valence-corrected chi connectivity index (χ4v) is 1.74. The molecule has 1 saturated carbocycles. The van der Waals surface area contributed by atoms with E-state index in [2.05, 4.69) is 30.2 Å². The van der Waals surface area contributed by atoms with E-state index in [-0.39, 0.29) is 0 Å². The van der Waals surface area contributed by atoms with Crippen molar-refractivity contribution in [3.05, 3.63) is 23.9 Å². The van der Waals surface area contributed by atoms with Gasteiger partial charge in [0.1, 0.15) is 5.82 Å². The molecule has 0 aromatic carbocycles. The zero-order valence-corrected chi connectivity index (χ0v) is 9.01. The van der Waals surface area contributed by atoms with E-state index in [0.29, 0.717) is 5.41 Å². The van der Waals surface area contributed by atoms with E-state index >= 15 is 0 Å². The van der Waals surface area contributed by atoms with E-state index in [1.165, 1.54) is 24.8 Å². The smallest absolute Gasteiger partial charge is 0.126 e. The first kappa shape index (κ1) is 9.50. The Kier molecular flexibility index (Phi) is 2.44. The van der Waals surface area contributed by atoms with Crippen molar-refractivity contribution in [2.75, 3.05) is 11.9 Å². The van der Waals surface area contributed by atoms with Crippen LogP contribution in [0.1, 0.15) is 31.7 Å². The molecule has 1 aromatic rings. The molecule has 1 N–H and O–H groups in total. The summed E-state index contributed by atoms with van der Waals surface area (Å²) in [5.74, 6) is 1.02. The molecule has 1 fully saturated rings. The van der Waals surface area contributed by atoms with Crippen molar-refractivity contribution in [1.82, 2.24) is 4.98 Å². The average molecular weight is 190 g/mol. The van der Waals surface area contributed by atoms with E-state index in [4.69, 9.17) is 0 Å². The van der Waals surface area contributed by atoms with Gasteiger partial charge in [0.15, 0.2) is 0 Å². The lowest BCUT2D eigenvalue weighted by molar-refractivity contribution is 0.520. The summed E-state index contributed by atoms with van der Waals surface area (Å²) in [5, 5.41) is 3.43. The first-order chi connectivity index (χ1) is 6.74. The van der Waals surface area contributed by atoms with Gasteiger partial charge in [-0.3, -0.25) is 0 Å². The Hall–Kier alpha value is -1.05. The summed E-state index contributed by atoms with van der Waals surface area (Å²) in [6.07, 6.45) is 5.90. The average Bonchev–Trinajstić information content (AvgIpc) is 2.96. The number of aryl methyl sites for hydroxylation is 1. The van der Waals surface area contributed by atoms with Gasteiger partial charge >= 0.3 is 0 Å². The maximum Gasteiger partial charge on any atom is 0.126 e. The maximum absolute atomic E-state index is 4.29. The van der Waals surface area contributed by atoms with E-state index < -0.39 is 0 Å². The van der Waals surface area contributed by atoms with Gasteiger partial charge in [0.25, 0.3) is 0 Å². The molecule has 1 heterocycles. The second-order valence-corrected chi connectivity index (χ2v) is 4.43. The van der Waals surface area contributed by atoms with E-state index in [0.717, 1.165) is 12.4 Å². The summed E-state index contributed by atoms with van der Waals surface area (Å²) in [4.78, 5) is 4.29. The van der Waals surface area contributed by atoms with Crippen molar-refractivity contribution in [2.24, 2.45) is 5.41 Å². The Bertz CT molecular complexity index is 316. The van der Waals surface area contributed by atoms with E-state index in [1.54, 1.807) is 0 Å². The molecule has 76 valence electrons. The van der Waals surface area contributed by atoms with Crippen LogP contribution in [-0.2, 0) is 0 Å². The zero-order valence-electron chi connectivity index (χ0n) is 9.01. The highest BCUT2D eigenvalue weighted by Gasteiger charge is 2.40. The van der Waals surface area contributed by atoms with Crippen LogP contribution in [0.3, 0.4) is 0 Å². The van der Waals surface area contributed by atoms with Crippen LogP contribution in [0.15, 0.2) is 18.3 Å². The van der Waals surface area contributed by atoms with Gasteiger partial charge in [-0.05, 0) is 49.3 Å². The van der Waals surface area contributed by atoms with Crippen molar-refractivity contribution >= 4 is 5.82 Å². The van der Waals surface area contributed by atoms with Gasteiger partial charge in [-0.1, -0.05) is 6.92 Å². The summed E-state index contributed by atoms with van der Waals surface area (Å²) in [6.45, 7) is 5.46. The number of nitrogens with zero attached hydrogens (tertiary/aromatic N) is 1. The highest BCUT2D eigenvalue weighted by atomic mass is 15.0. The summed E-state index contributed by atoms with van der Waals surface area (Å²) in [7, 11) is 0.